The van der Waals surface area contributed by atoms with E-state index in [1.807, 2.05) is 24.3 Å². The van der Waals surface area contributed by atoms with Gasteiger partial charge < -0.3 is 4.74 Å². The molecule has 2 nitrogen and oxygen atoms in total. The molecule has 0 saturated heterocycles. The molecule has 0 unspecified atom stereocenters. The molecule has 0 aliphatic rings. The first-order chi connectivity index (χ1) is 8.58. The van der Waals surface area contributed by atoms with Crippen LogP contribution in [0.1, 0.15) is 5.56 Å². The molecule has 6 heteroatoms. The molecule has 94 valence electrons. The second kappa shape index (κ2) is 6.11. The van der Waals surface area contributed by atoms with Crippen LogP contribution >= 0.6 is 50.7 Å². The zero-order chi connectivity index (χ0) is 13.1. The summed E-state index contributed by atoms with van der Waals surface area (Å²) in [7, 11) is 0. The molecule has 0 N–H and O–H groups in total. The van der Waals surface area contributed by atoms with Gasteiger partial charge in [-0.1, -0.05) is 68.9 Å². The lowest BCUT2D eigenvalue weighted by Gasteiger charge is -2.09. The minimum Gasteiger partial charge on any atom is -0.472 e. The van der Waals surface area contributed by atoms with Gasteiger partial charge in [0.05, 0.1) is 5.02 Å². The van der Waals surface area contributed by atoms with E-state index in [1.54, 1.807) is 0 Å². The Morgan fingerprint density at radius 1 is 1.11 bits per heavy atom. The minimum absolute atomic E-state index is 0.170. The lowest BCUT2D eigenvalue weighted by molar-refractivity contribution is 0.293. The maximum Gasteiger partial charge on any atom is 0.234 e. The molecule has 2 aromatic rings. The van der Waals surface area contributed by atoms with Crippen molar-refractivity contribution in [3.05, 3.63) is 55.6 Å². The summed E-state index contributed by atoms with van der Waals surface area (Å²) in [6, 6.07) is 9.23. The molecule has 0 aliphatic heterocycles. The number of benzene rings is 1. The number of hydrogen-bond donors (Lipinski definition) is 0. The van der Waals surface area contributed by atoms with Gasteiger partial charge in [-0.05, 0) is 12.1 Å². The molecule has 0 atom stereocenters. The van der Waals surface area contributed by atoms with E-state index >= 15 is 0 Å². The maximum atomic E-state index is 5.97. The van der Waals surface area contributed by atoms with E-state index < -0.39 is 0 Å². The van der Waals surface area contributed by atoms with Crippen molar-refractivity contribution in [1.82, 2.24) is 4.98 Å². The molecule has 1 heterocycles. The highest BCUT2D eigenvalue weighted by Gasteiger charge is 2.09. The second-order valence-electron chi connectivity index (χ2n) is 3.43. The molecule has 18 heavy (non-hydrogen) atoms. The van der Waals surface area contributed by atoms with Crippen molar-refractivity contribution in [2.45, 2.75) is 6.61 Å². The van der Waals surface area contributed by atoms with Crippen LogP contribution in [0.25, 0.3) is 0 Å². The Hall–Kier alpha value is -0.480. The van der Waals surface area contributed by atoms with Crippen LogP contribution in [0.2, 0.25) is 15.2 Å². The summed E-state index contributed by atoms with van der Waals surface area (Å²) in [6.45, 7) is 0.339. The van der Waals surface area contributed by atoms with Crippen molar-refractivity contribution in [3.63, 3.8) is 0 Å². The van der Waals surface area contributed by atoms with Crippen LogP contribution in [-0.2, 0) is 6.61 Å². The fourth-order valence-electron chi connectivity index (χ4n) is 1.29. The number of halogens is 4. The topological polar surface area (TPSA) is 22.1 Å². The normalized spacial score (nSPS) is 10.4. The van der Waals surface area contributed by atoms with E-state index in [2.05, 4.69) is 20.9 Å². The number of aromatic nitrogens is 1. The zero-order valence-corrected chi connectivity index (χ0v) is 12.8. The summed E-state index contributed by atoms with van der Waals surface area (Å²) >= 11 is 21.0. The minimum atomic E-state index is 0.170. The van der Waals surface area contributed by atoms with Crippen LogP contribution in [0, 0.1) is 0 Å². The molecule has 1 aromatic heterocycles. The lowest BCUT2D eigenvalue weighted by Crippen LogP contribution is -1.99. The molecule has 1 aromatic carbocycles. The third kappa shape index (κ3) is 3.29. The van der Waals surface area contributed by atoms with Gasteiger partial charge in [-0.2, -0.15) is 4.98 Å². The molecular formula is C12H7BrCl3NO. The van der Waals surface area contributed by atoms with E-state index in [0.717, 1.165) is 10.0 Å². The van der Waals surface area contributed by atoms with Crippen LogP contribution in [0.4, 0.5) is 0 Å². The Morgan fingerprint density at radius 2 is 1.83 bits per heavy atom. The highest BCUT2D eigenvalue weighted by atomic mass is 79.9. The van der Waals surface area contributed by atoms with E-state index in [1.165, 1.54) is 6.07 Å². The molecule has 0 saturated carbocycles. The Morgan fingerprint density at radius 3 is 2.56 bits per heavy atom. The Labute approximate surface area is 128 Å². The SMILES string of the molecule is Clc1cc(Cl)c(OCc2ccccc2Br)nc1Cl. The third-order valence-corrected chi connectivity index (χ3v) is 3.89. The number of ether oxygens (including phenoxy) is 1. The van der Waals surface area contributed by atoms with Gasteiger partial charge in [-0.3, -0.25) is 0 Å². The summed E-state index contributed by atoms with van der Waals surface area (Å²) in [5.74, 6) is 0.266. The number of pyridine rings is 1. The van der Waals surface area contributed by atoms with Gasteiger partial charge in [0, 0.05) is 10.0 Å². The number of nitrogens with zero attached hydrogens (tertiary/aromatic N) is 1. The van der Waals surface area contributed by atoms with Crippen molar-refractivity contribution in [2.75, 3.05) is 0 Å². The van der Waals surface area contributed by atoms with Gasteiger partial charge in [0.1, 0.15) is 11.6 Å². The van der Waals surface area contributed by atoms with E-state index in [0.29, 0.717) is 16.7 Å². The van der Waals surface area contributed by atoms with Gasteiger partial charge >= 0.3 is 0 Å². The summed E-state index contributed by atoms with van der Waals surface area (Å²) in [5.41, 5.74) is 0.987. The number of rotatable bonds is 3. The largest absolute Gasteiger partial charge is 0.472 e. The Bertz CT molecular complexity index is 577. The molecular weight excluding hydrogens is 360 g/mol. The second-order valence-corrected chi connectivity index (χ2v) is 5.45. The Kier molecular flexibility index (Phi) is 4.73. The summed E-state index contributed by atoms with van der Waals surface area (Å²) < 4.78 is 6.48. The summed E-state index contributed by atoms with van der Waals surface area (Å²) in [5, 5.41) is 0.801. The molecule has 0 fully saturated rings. The van der Waals surface area contributed by atoms with E-state index in [-0.39, 0.29) is 11.0 Å². The quantitative estimate of drug-likeness (QED) is 0.679. The first kappa shape index (κ1) is 13.9. The third-order valence-electron chi connectivity index (χ3n) is 2.18. The van der Waals surface area contributed by atoms with Gasteiger partial charge in [-0.15, -0.1) is 0 Å². The average Bonchev–Trinajstić information content (AvgIpc) is 2.34. The van der Waals surface area contributed by atoms with Crippen molar-refractivity contribution < 1.29 is 4.74 Å². The predicted octanol–water partition coefficient (Wildman–Crippen LogP) is 5.38. The van der Waals surface area contributed by atoms with Crippen molar-refractivity contribution in [2.24, 2.45) is 0 Å². The van der Waals surface area contributed by atoms with Crippen molar-refractivity contribution in [3.8, 4) is 5.88 Å². The summed E-state index contributed by atoms with van der Waals surface area (Å²) in [6.07, 6.45) is 0. The predicted molar refractivity (Wildman–Crippen MR) is 77.7 cm³/mol. The molecule has 0 bridgehead atoms. The highest BCUT2D eigenvalue weighted by molar-refractivity contribution is 9.10. The van der Waals surface area contributed by atoms with E-state index in [9.17, 15) is 0 Å². The van der Waals surface area contributed by atoms with Crippen LogP contribution in [-0.4, -0.2) is 4.98 Å². The van der Waals surface area contributed by atoms with E-state index in [4.69, 9.17) is 39.5 Å². The zero-order valence-electron chi connectivity index (χ0n) is 8.96. The van der Waals surface area contributed by atoms with Gasteiger partial charge in [0.25, 0.3) is 0 Å². The first-order valence-corrected chi connectivity index (χ1v) is 6.88. The average molecular weight is 367 g/mol. The van der Waals surface area contributed by atoms with Gasteiger partial charge in [0.2, 0.25) is 5.88 Å². The number of hydrogen-bond acceptors (Lipinski definition) is 2. The molecule has 0 spiro atoms. The van der Waals surface area contributed by atoms with Gasteiger partial charge in [-0.25, -0.2) is 0 Å². The van der Waals surface area contributed by atoms with Crippen molar-refractivity contribution >= 4 is 50.7 Å². The molecule has 0 aliphatic carbocycles. The molecule has 0 amide bonds. The fraction of sp³-hybridized carbons (Fsp3) is 0.0833. The maximum absolute atomic E-state index is 5.97. The monoisotopic (exact) mass is 365 g/mol. The highest BCUT2D eigenvalue weighted by Crippen LogP contribution is 2.31. The fourth-order valence-corrected chi connectivity index (χ4v) is 2.23. The standard InChI is InChI=1S/C12H7BrCl3NO/c13-8-4-2-1-3-7(8)6-18-12-10(15)5-9(14)11(16)17-12/h1-5H,6H2. The van der Waals surface area contributed by atoms with Crippen LogP contribution in [0.3, 0.4) is 0 Å². The van der Waals surface area contributed by atoms with Crippen LogP contribution < -0.4 is 4.74 Å². The summed E-state index contributed by atoms with van der Waals surface area (Å²) in [4.78, 5) is 3.98. The smallest absolute Gasteiger partial charge is 0.234 e. The Balaban J connectivity index is 2.16. The van der Waals surface area contributed by atoms with Gasteiger partial charge in [0.15, 0.2) is 5.15 Å². The van der Waals surface area contributed by atoms with Crippen LogP contribution in [0.5, 0.6) is 5.88 Å². The molecule has 2 rings (SSSR count). The van der Waals surface area contributed by atoms with Crippen molar-refractivity contribution in [1.29, 1.82) is 0 Å². The van der Waals surface area contributed by atoms with Crippen LogP contribution in [0.15, 0.2) is 34.8 Å². The molecule has 0 radical (unpaired) electrons. The lowest BCUT2D eigenvalue weighted by atomic mass is 10.2. The first-order valence-electron chi connectivity index (χ1n) is 4.95.